The molecule has 94 valence electrons. The molecule has 3 nitrogen and oxygen atoms in total. The molecule has 1 aromatic heterocycles. The number of halogens is 2. The van der Waals surface area contributed by atoms with Crippen LogP contribution in [-0.4, -0.2) is 16.1 Å². The fourth-order valence-corrected chi connectivity index (χ4v) is 1.99. The first-order valence-corrected chi connectivity index (χ1v) is 5.92. The van der Waals surface area contributed by atoms with Crippen LogP contribution >= 0.6 is 11.6 Å². The van der Waals surface area contributed by atoms with E-state index in [2.05, 4.69) is 5.10 Å². The van der Waals surface area contributed by atoms with Gasteiger partial charge in [0.05, 0.1) is 16.9 Å². The van der Waals surface area contributed by atoms with E-state index in [-0.39, 0.29) is 16.9 Å². The average Bonchev–Trinajstić information content (AvgIpc) is 2.67. The lowest BCUT2D eigenvalue weighted by molar-refractivity contribution is 0.112. The third-order valence-corrected chi connectivity index (χ3v) is 2.99. The van der Waals surface area contributed by atoms with Crippen molar-refractivity contribution in [2.24, 2.45) is 0 Å². The maximum Gasteiger partial charge on any atom is 0.155 e. The molecule has 0 bridgehead atoms. The van der Waals surface area contributed by atoms with Crippen molar-refractivity contribution < 1.29 is 9.18 Å². The van der Waals surface area contributed by atoms with Gasteiger partial charge < -0.3 is 0 Å². The first kappa shape index (κ1) is 12.8. The molecule has 5 heteroatoms. The minimum atomic E-state index is -0.332. The summed E-state index contributed by atoms with van der Waals surface area (Å²) in [5.41, 5.74) is 1.65. The molecular weight excluding hydrogens is 255 g/mol. The second kappa shape index (κ2) is 4.90. The summed E-state index contributed by atoms with van der Waals surface area (Å²) in [6, 6.07) is 5.77. The SMILES string of the molecule is CC(C)c1nn(-c2ccc(F)cc2)c(Cl)c1C=O. The van der Waals surface area contributed by atoms with E-state index in [0.29, 0.717) is 23.2 Å². The van der Waals surface area contributed by atoms with E-state index in [4.69, 9.17) is 11.6 Å². The van der Waals surface area contributed by atoms with Crippen LogP contribution in [0.15, 0.2) is 24.3 Å². The van der Waals surface area contributed by atoms with E-state index in [1.807, 2.05) is 13.8 Å². The van der Waals surface area contributed by atoms with Gasteiger partial charge in [-0.05, 0) is 30.2 Å². The van der Waals surface area contributed by atoms with Gasteiger partial charge in [0.1, 0.15) is 11.0 Å². The first-order chi connectivity index (χ1) is 8.54. The Labute approximate surface area is 109 Å². The summed E-state index contributed by atoms with van der Waals surface area (Å²) in [6.45, 7) is 3.86. The van der Waals surface area contributed by atoms with E-state index in [9.17, 15) is 9.18 Å². The van der Waals surface area contributed by atoms with Crippen molar-refractivity contribution >= 4 is 17.9 Å². The second-order valence-electron chi connectivity index (χ2n) is 4.25. The van der Waals surface area contributed by atoms with Crippen molar-refractivity contribution in [3.63, 3.8) is 0 Å². The number of hydrogen-bond donors (Lipinski definition) is 0. The fourth-order valence-electron chi connectivity index (χ4n) is 1.71. The molecule has 1 heterocycles. The molecule has 0 amide bonds. The van der Waals surface area contributed by atoms with Gasteiger partial charge in [0.25, 0.3) is 0 Å². The van der Waals surface area contributed by atoms with Gasteiger partial charge in [0.2, 0.25) is 0 Å². The highest BCUT2D eigenvalue weighted by molar-refractivity contribution is 6.32. The molecule has 1 aromatic carbocycles. The predicted octanol–water partition coefficient (Wildman–Crippen LogP) is 3.60. The Bertz CT molecular complexity index is 575. The van der Waals surface area contributed by atoms with Crippen molar-refractivity contribution in [2.75, 3.05) is 0 Å². The zero-order valence-corrected chi connectivity index (χ0v) is 10.8. The standard InChI is InChI=1S/C13H12ClFN2O/c1-8(2)12-11(7-18)13(14)17(16-12)10-5-3-9(15)4-6-10/h3-8H,1-2H3. The van der Waals surface area contributed by atoms with Crippen LogP contribution in [0.2, 0.25) is 5.15 Å². The third kappa shape index (κ3) is 2.16. The fraction of sp³-hybridized carbons (Fsp3) is 0.231. The van der Waals surface area contributed by atoms with Gasteiger partial charge in [0.15, 0.2) is 6.29 Å². The summed E-state index contributed by atoms with van der Waals surface area (Å²) in [5, 5.41) is 4.56. The zero-order chi connectivity index (χ0) is 13.3. The molecule has 2 aromatic rings. The lowest BCUT2D eigenvalue weighted by Crippen LogP contribution is -1.98. The third-order valence-electron chi connectivity index (χ3n) is 2.63. The lowest BCUT2D eigenvalue weighted by Gasteiger charge is -2.02. The summed E-state index contributed by atoms with van der Waals surface area (Å²) in [5.74, 6) is -0.244. The molecule has 0 spiro atoms. The molecule has 0 radical (unpaired) electrons. The van der Waals surface area contributed by atoms with Gasteiger partial charge in [-0.15, -0.1) is 0 Å². The second-order valence-corrected chi connectivity index (χ2v) is 4.61. The minimum absolute atomic E-state index is 0.0874. The summed E-state index contributed by atoms with van der Waals surface area (Å²) >= 11 is 6.12. The number of nitrogens with zero attached hydrogens (tertiary/aromatic N) is 2. The highest BCUT2D eigenvalue weighted by Gasteiger charge is 2.18. The summed E-state index contributed by atoms with van der Waals surface area (Å²) in [7, 11) is 0. The summed E-state index contributed by atoms with van der Waals surface area (Å²) in [6.07, 6.45) is 0.699. The van der Waals surface area contributed by atoms with Gasteiger partial charge >= 0.3 is 0 Å². The number of aromatic nitrogens is 2. The van der Waals surface area contributed by atoms with E-state index < -0.39 is 0 Å². The number of benzene rings is 1. The number of carbonyl (C=O) groups excluding carboxylic acids is 1. The van der Waals surface area contributed by atoms with Crippen molar-refractivity contribution in [2.45, 2.75) is 19.8 Å². The van der Waals surface area contributed by atoms with Crippen LogP contribution in [0.4, 0.5) is 4.39 Å². The molecule has 0 N–H and O–H groups in total. The Morgan fingerprint density at radius 2 is 1.94 bits per heavy atom. The first-order valence-electron chi connectivity index (χ1n) is 5.54. The average molecular weight is 267 g/mol. The van der Waals surface area contributed by atoms with Gasteiger partial charge in [-0.2, -0.15) is 5.10 Å². The van der Waals surface area contributed by atoms with E-state index in [1.165, 1.54) is 16.8 Å². The lowest BCUT2D eigenvalue weighted by atomic mass is 10.1. The Morgan fingerprint density at radius 1 is 1.33 bits per heavy atom. The van der Waals surface area contributed by atoms with E-state index in [1.54, 1.807) is 12.1 Å². The van der Waals surface area contributed by atoms with Crippen LogP contribution < -0.4 is 0 Å². The van der Waals surface area contributed by atoms with Gasteiger partial charge in [-0.3, -0.25) is 4.79 Å². The molecular formula is C13H12ClFN2O. The normalized spacial score (nSPS) is 10.9. The monoisotopic (exact) mass is 266 g/mol. The number of carbonyl (C=O) groups is 1. The topological polar surface area (TPSA) is 34.9 Å². The predicted molar refractivity (Wildman–Crippen MR) is 68.0 cm³/mol. The van der Waals surface area contributed by atoms with Gasteiger partial charge in [-0.25, -0.2) is 9.07 Å². The van der Waals surface area contributed by atoms with Crippen LogP contribution in [0.25, 0.3) is 5.69 Å². The smallest absolute Gasteiger partial charge is 0.155 e. The van der Waals surface area contributed by atoms with Gasteiger partial charge in [-0.1, -0.05) is 25.4 Å². The van der Waals surface area contributed by atoms with Crippen molar-refractivity contribution in [3.8, 4) is 5.69 Å². The van der Waals surface area contributed by atoms with Crippen molar-refractivity contribution in [1.82, 2.24) is 9.78 Å². The molecule has 0 aliphatic heterocycles. The molecule has 0 saturated carbocycles. The number of rotatable bonds is 3. The molecule has 0 aliphatic carbocycles. The van der Waals surface area contributed by atoms with Crippen molar-refractivity contribution in [1.29, 1.82) is 0 Å². The highest BCUT2D eigenvalue weighted by Crippen LogP contribution is 2.26. The Morgan fingerprint density at radius 3 is 2.39 bits per heavy atom. The summed E-state index contributed by atoms with van der Waals surface area (Å²) in [4.78, 5) is 11.1. The van der Waals surface area contributed by atoms with Crippen LogP contribution in [0.5, 0.6) is 0 Å². The molecule has 18 heavy (non-hydrogen) atoms. The molecule has 0 saturated heterocycles. The van der Waals surface area contributed by atoms with Crippen LogP contribution in [-0.2, 0) is 0 Å². The quantitative estimate of drug-likeness (QED) is 0.796. The molecule has 0 aliphatic rings. The van der Waals surface area contributed by atoms with E-state index in [0.717, 1.165) is 0 Å². The summed E-state index contributed by atoms with van der Waals surface area (Å²) < 4.78 is 14.3. The van der Waals surface area contributed by atoms with Crippen LogP contribution in [0.1, 0.15) is 35.8 Å². The van der Waals surface area contributed by atoms with Crippen LogP contribution in [0.3, 0.4) is 0 Å². The molecule has 0 atom stereocenters. The maximum atomic E-state index is 12.9. The minimum Gasteiger partial charge on any atom is -0.298 e. The van der Waals surface area contributed by atoms with Gasteiger partial charge in [0, 0.05) is 0 Å². The number of hydrogen-bond acceptors (Lipinski definition) is 2. The Hall–Kier alpha value is -1.68. The van der Waals surface area contributed by atoms with Crippen LogP contribution in [0, 0.1) is 5.82 Å². The Kier molecular flexibility index (Phi) is 3.48. The van der Waals surface area contributed by atoms with E-state index >= 15 is 0 Å². The van der Waals surface area contributed by atoms with Crippen molar-refractivity contribution in [3.05, 3.63) is 46.5 Å². The molecule has 0 fully saturated rings. The largest absolute Gasteiger partial charge is 0.298 e. The zero-order valence-electron chi connectivity index (χ0n) is 10.0. The Balaban J connectivity index is 2.58. The molecule has 2 rings (SSSR count). The maximum absolute atomic E-state index is 12.9. The highest BCUT2D eigenvalue weighted by atomic mass is 35.5. The molecule has 0 unspecified atom stereocenters. The number of aldehydes is 1.